The molecule has 0 spiro atoms. The number of amides is 3. The predicted molar refractivity (Wildman–Crippen MR) is 107 cm³/mol. The van der Waals surface area contributed by atoms with Gasteiger partial charge in [0.1, 0.15) is 18.9 Å². The molecule has 28 heavy (non-hydrogen) atoms. The molecule has 0 unspecified atom stereocenters. The van der Waals surface area contributed by atoms with Gasteiger partial charge in [-0.15, -0.1) is 11.8 Å². The molecular weight excluding hydrogens is 402 g/mol. The molecule has 146 valence electrons. The fourth-order valence-corrected chi connectivity index (χ4v) is 3.43. The first kappa shape index (κ1) is 20.0. The highest BCUT2D eigenvalue weighted by atomic mass is 35.5. The van der Waals surface area contributed by atoms with Crippen molar-refractivity contribution in [3.63, 3.8) is 0 Å². The van der Waals surface area contributed by atoms with Crippen LogP contribution in [0.5, 0.6) is 5.75 Å². The van der Waals surface area contributed by atoms with Gasteiger partial charge in [0.25, 0.3) is 11.8 Å². The summed E-state index contributed by atoms with van der Waals surface area (Å²) in [6.07, 6.45) is 0. The zero-order chi connectivity index (χ0) is 19.9. The third kappa shape index (κ3) is 5.64. The van der Waals surface area contributed by atoms with E-state index in [0.29, 0.717) is 34.6 Å². The third-order valence-corrected chi connectivity index (χ3v) is 5.11. The number of hydrogen-bond donors (Lipinski definition) is 2. The maximum absolute atomic E-state index is 12.1. The maximum Gasteiger partial charge on any atom is 0.269 e. The second-order valence-electron chi connectivity index (χ2n) is 6.01. The fraction of sp³-hybridized carbons (Fsp3) is 0.211. The predicted octanol–water partition coefficient (Wildman–Crippen LogP) is 2.21. The van der Waals surface area contributed by atoms with E-state index in [1.54, 1.807) is 48.5 Å². The van der Waals surface area contributed by atoms with Gasteiger partial charge in [-0.25, -0.2) is 0 Å². The Kier molecular flexibility index (Phi) is 6.78. The van der Waals surface area contributed by atoms with E-state index in [2.05, 4.69) is 10.9 Å². The lowest BCUT2D eigenvalue weighted by molar-refractivity contribution is -0.132. The molecule has 9 heteroatoms. The smallest absolute Gasteiger partial charge is 0.269 e. The number of benzene rings is 2. The fourth-order valence-electron chi connectivity index (χ4n) is 2.40. The van der Waals surface area contributed by atoms with Gasteiger partial charge in [0, 0.05) is 10.6 Å². The second-order valence-corrected chi connectivity index (χ2v) is 7.40. The van der Waals surface area contributed by atoms with Crippen LogP contribution in [0.25, 0.3) is 0 Å². The molecule has 3 amide bonds. The van der Waals surface area contributed by atoms with Crippen molar-refractivity contribution in [1.82, 2.24) is 15.8 Å². The molecule has 2 aromatic rings. The molecule has 1 aliphatic heterocycles. The Balaban J connectivity index is 1.44. The highest BCUT2D eigenvalue weighted by Crippen LogP contribution is 2.17. The summed E-state index contributed by atoms with van der Waals surface area (Å²) in [5, 5.41) is 0.640. The van der Waals surface area contributed by atoms with E-state index in [4.69, 9.17) is 16.3 Å². The van der Waals surface area contributed by atoms with Gasteiger partial charge in [-0.05, 0) is 42.0 Å². The zero-order valence-electron chi connectivity index (χ0n) is 14.8. The minimum Gasteiger partial charge on any atom is -0.489 e. The van der Waals surface area contributed by atoms with E-state index in [9.17, 15) is 14.4 Å². The first-order valence-corrected chi connectivity index (χ1v) is 9.96. The van der Waals surface area contributed by atoms with E-state index in [1.165, 1.54) is 16.7 Å². The summed E-state index contributed by atoms with van der Waals surface area (Å²) in [5.74, 6) is 0.595. The topological polar surface area (TPSA) is 87.7 Å². The molecular formula is C19H18ClN3O4S. The van der Waals surface area contributed by atoms with Crippen molar-refractivity contribution in [3.05, 3.63) is 64.7 Å². The van der Waals surface area contributed by atoms with Crippen LogP contribution in [0.15, 0.2) is 48.5 Å². The molecule has 0 atom stereocenters. The molecule has 1 aliphatic rings. The molecule has 0 aromatic heterocycles. The van der Waals surface area contributed by atoms with Gasteiger partial charge < -0.3 is 9.64 Å². The summed E-state index contributed by atoms with van der Waals surface area (Å²) in [5.41, 5.74) is 5.94. The van der Waals surface area contributed by atoms with Crippen LogP contribution in [0.2, 0.25) is 5.02 Å². The number of carbonyl (C=O) groups excluding carboxylic acids is 3. The molecule has 1 saturated heterocycles. The lowest BCUT2D eigenvalue weighted by atomic mass is 10.1. The monoisotopic (exact) mass is 419 g/mol. The Bertz CT molecular complexity index is 858. The molecule has 2 N–H and O–H groups in total. The summed E-state index contributed by atoms with van der Waals surface area (Å²) in [6, 6.07) is 13.9. The van der Waals surface area contributed by atoms with Crippen molar-refractivity contribution in [2.45, 2.75) is 6.61 Å². The van der Waals surface area contributed by atoms with Gasteiger partial charge in [-0.2, -0.15) is 0 Å². The average Bonchev–Trinajstić information content (AvgIpc) is 3.10. The van der Waals surface area contributed by atoms with Crippen molar-refractivity contribution in [1.29, 1.82) is 0 Å². The normalized spacial score (nSPS) is 13.3. The first-order chi connectivity index (χ1) is 13.5. The molecule has 0 aliphatic carbocycles. The summed E-state index contributed by atoms with van der Waals surface area (Å²) in [4.78, 5) is 36.9. The highest BCUT2D eigenvalue weighted by molar-refractivity contribution is 8.00. The molecule has 7 nitrogen and oxygen atoms in total. The Labute approximate surface area is 171 Å². The quantitative estimate of drug-likeness (QED) is 0.701. The van der Waals surface area contributed by atoms with E-state index in [0.717, 1.165) is 5.56 Å². The molecule has 3 rings (SSSR count). The van der Waals surface area contributed by atoms with E-state index < -0.39 is 11.8 Å². The van der Waals surface area contributed by atoms with E-state index in [-0.39, 0.29) is 12.5 Å². The van der Waals surface area contributed by atoms with Gasteiger partial charge in [-0.1, -0.05) is 23.7 Å². The first-order valence-electron chi connectivity index (χ1n) is 8.43. The van der Waals surface area contributed by atoms with Crippen LogP contribution in [0.3, 0.4) is 0 Å². The number of ether oxygens (including phenoxy) is 1. The number of halogens is 1. The summed E-state index contributed by atoms with van der Waals surface area (Å²) in [6.45, 7) is 0.273. The number of hydrazine groups is 1. The summed E-state index contributed by atoms with van der Waals surface area (Å²) < 4.78 is 5.65. The van der Waals surface area contributed by atoms with E-state index >= 15 is 0 Å². The van der Waals surface area contributed by atoms with Crippen LogP contribution in [0.4, 0.5) is 0 Å². The minimum atomic E-state index is -0.447. The molecule has 0 bridgehead atoms. The van der Waals surface area contributed by atoms with E-state index in [1.807, 2.05) is 0 Å². The Morgan fingerprint density at radius 1 is 1.07 bits per heavy atom. The van der Waals surface area contributed by atoms with Gasteiger partial charge >= 0.3 is 0 Å². The Morgan fingerprint density at radius 3 is 2.43 bits per heavy atom. The standard InChI is InChI=1S/C19H18ClN3O4S/c20-15-5-7-16(8-6-15)27-10-13-1-3-14(4-2-13)19(26)22-21-17(24)9-23-12-28-11-18(23)25/h1-8H,9-12H2,(H,21,24)(H,22,26). The maximum atomic E-state index is 12.1. The lowest BCUT2D eigenvalue weighted by Crippen LogP contribution is -2.46. The average molecular weight is 420 g/mol. The van der Waals surface area contributed by atoms with Gasteiger partial charge in [0.2, 0.25) is 5.91 Å². The van der Waals surface area contributed by atoms with Crippen molar-refractivity contribution >= 4 is 41.1 Å². The Morgan fingerprint density at radius 2 is 1.79 bits per heavy atom. The number of rotatable bonds is 6. The lowest BCUT2D eigenvalue weighted by Gasteiger charge is -2.14. The Hall–Kier alpha value is -2.71. The summed E-state index contributed by atoms with van der Waals surface area (Å²) >= 11 is 7.28. The minimum absolute atomic E-state index is 0.0763. The van der Waals surface area contributed by atoms with Crippen LogP contribution >= 0.6 is 23.4 Å². The number of nitrogens with one attached hydrogen (secondary N) is 2. The number of thioether (sulfide) groups is 1. The van der Waals surface area contributed by atoms with Crippen molar-refractivity contribution in [3.8, 4) is 5.75 Å². The number of carbonyl (C=O) groups is 3. The van der Waals surface area contributed by atoms with Gasteiger partial charge in [0.05, 0.1) is 11.6 Å². The van der Waals surface area contributed by atoms with Gasteiger partial charge in [-0.3, -0.25) is 25.2 Å². The molecule has 0 radical (unpaired) electrons. The summed E-state index contributed by atoms with van der Waals surface area (Å²) in [7, 11) is 0. The molecule has 1 fully saturated rings. The van der Waals surface area contributed by atoms with Crippen LogP contribution in [-0.2, 0) is 16.2 Å². The number of nitrogens with zero attached hydrogens (tertiary/aromatic N) is 1. The molecule has 1 heterocycles. The largest absolute Gasteiger partial charge is 0.489 e. The molecule has 0 saturated carbocycles. The highest BCUT2D eigenvalue weighted by Gasteiger charge is 2.23. The van der Waals surface area contributed by atoms with Gasteiger partial charge in [0.15, 0.2) is 0 Å². The number of hydrogen-bond acceptors (Lipinski definition) is 5. The second kappa shape index (κ2) is 9.48. The zero-order valence-corrected chi connectivity index (χ0v) is 16.4. The van der Waals surface area contributed by atoms with Crippen molar-refractivity contribution in [2.24, 2.45) is 0 Å². The van der Waals surface area contributed by atoms with Crippen molar-refractivity contribution in [2.75, 3.05) is 18.2 Å². The van der Waals surface area contributed by atoms with Crippen LogP contribution in [0, 0.1) is 0 Å². The van der Waals surface area contributed by atoms with Crippen LogP contribution < -0.4 is 15.6 Å². The SMILES string of the molecule is O=C(CN1CSCC1=O)NNC(=O)c1ccc(COc2ccc(Cl)cc2)cc1. The van der Waals surface area contributed by atoms with Crippen LogP contribution in [0.1, 0.15) is 15.9 Å². The van der Waals surface area contributed by atoms with Crippen LogP contribution in [-0.4, -0.2) is 40.8 Å². The third-order valence-electron chi connectivity index (χ3n) is 3.91. The molecule has 2 aromatic carbocycles. The van der Waals surface area contributed by atoms with Crippen molar-refractivity contribution < 1.29 is 19.1 Å².